The zero-order valence-electron chi connectivity index (χ0n) is 13.1. The molecule has 4 nitrogen and oxygen atoms in total. The number of hydrogen-bond acceptors (Lipinski definition) is 4. The molecule has 0 amide bonds. The minimum absolute atomic E-state index is 0.688. The third-order valence-electron chi connectivity index (χ3n) is 5.25. The molecule has 3 unspecified atom stereocenters. The highest BCUT2D eigenvalue weighted by Gasteiger charge is 2.39. The molecule has 5 heteroatoms. The minimum Gasteiger partial charge on any atom is -0.314 e. The van der Waals surface area contributed by atoms with E-state index in [0.717, 1.165) is 12.5 Å². The van der Waals surface area contributed by atoms with Gasteiger partial charge in [0.25, 0.3) is 0 Å². The molecule has 0 spiro atoms. The predicted molar refractivity (Wildman–Crippen MR) is 85.8 cm³/mol. The van der Waals surface area contributed by atoms with E-state index in [-0.39, 0.29) is 0 Å². The average Bonchev–Trinajstić information content (AvgIpc) is 3.40. The first kappa shape index (κ1) is 14.1. The molecule has 3 aliphatic rings. The van der Waals surface area contributed by atoms with Crippen LogP contribution in [0.25, 0.3) is 0 Å². The van der Waals surface area contributed by atoms with Crippen LogP contribution in [0.5, 0.6) is 0 Å². The fourth-order valence-corrected chi connectivity index (χ4v) is 5.02. The molecule has 0 aliphatic heterocycles. The van der Waals surface area contributed by atoms with Crippen LogP contribution in [0.1, 0.15) is 70.2 Å². The smallest absolute Gasteiger partial charge is 0.191 e. The molecular formula is C16H26N4S. The summed E-state index contributed by atoms with van der Waals surface area (Å²) in [5.74, 6) is 2.72. The van der Waals surface area contributed by atoms with Gasteiger partial charge >= 0.3 is 0 Å². The fourth-order valence-electron chi connectivity index (χ4n) is 3.65. The number of hydrogen-bond donors (Lipinski definition) is 1. The van der Waals surface area contributed by atoms with Crippen molar-refractivity contribution in [1.29, 1.82) is 0 Å². The van der Waals surface area contributed by atoms with Crippen LogP contribution in [0.3, 0.4) is 0 Å². The summed E-state index contributed by atoms with van der Waals surface area (Å²) in [6.45, 7) is 5.69. The number of thioether (sulfide) groups is 1. The lowest BCUT2D eigenvalue weighted by atomic mass is 10.1. The molecule has 1 N–H and O–H groups in total. The second-order valence-electron chi connectivity index (χ2n) is 6.97. The Kier molecular flexibility index (Phi) is 3.74. The van der Waals surface area contributed by atoms with Gasteiger partial charge in [0.05, 0.1) is 0 Å². The molecule has 0 aromatic carbocycles. The lowest BCUT2D eigenvalue weighted by Crippen LogP contribution is -2.33. The maximum Gasteiger partial charge on any atom is 0.191 e. The van der Waals surface area contributed by atoms with Gasteiger partial charge in [0.2, 0.25) is 0 Å². The van der Waals surface area contributed by atoms with Crippen molar-refractivity contribution in [3.05, 3.63) is 5.82 Å². The summed E-state index contributed by atoms with van der Waals surface area (Å²) in [7, 11) is 0. The largest absolute Gasteiger partial charge is 0.314 e. The highest BCUT2D eigenvalue weighted by Crippen LogP contribution is 2.47. The van der Waals surface area contributed by atoms with Crippen molar-refractivity contribution >= 4 is 11.8 Å². The Bertz CT molecular complexity index is 506. The number of rotatable bonds is 6. The lowest BCUT2D eigenvalue weighted by Gasteiger charge is -2.21. The Hall–Kier alpha value is -0.550. The van der Waals surface area contributed by atoms with Crippen LogP contribution in [0.15, 0.2) is 5.16 Å². The van der Waals surface area contributed by atoms with Crippen LogP contribution < -0.4 is 5.32 Å². The van der Waals surface area contributed by atoms with E-state index in [2.05, 4.69) is 33.9 Å². The van der Waals surface area contributed by atoms with E-state index in [1.54, 1.807) is 0 Å². The second kappa shape index (κ2) is 5.58. The molecule has 3 saturated carbocycles. The third kappa shape index (κ3) is 2.74. The highest BCUT2D eigenvalue weighted by molar-refractivity contribution is 7.99. The van der Waals surface area contributed by atoms with Crippen LogP contribution in [0, 0.1) is 5.92 Å². The first-order valence-electron chi connectivity index (χ1n) is 8.62. The Balaban J connectivity index is 1.50. The van der Waals surface area contributed by atoms with Gasteiger partial charge in [-0.1, -0.05) is 25.6 Å². The van der Waals surface area contributed by atoms with E-state index in [4.69, 9.17) is 0 Å². The molecular weight excluding hydrogens is 280 g/mol. The number of nitrogens with zero attached hydrogens (tertiary/aromatic N) is 3. The van der Waals surface area contributed by atoms with Gasteiger partial charge in [-0.2, -0.15) is 0 Å². The lowest BCUT2D eigenvalue weighted by molar-refractivity contribution is 0.441. The van der Waals surface area contributed by atoms with Crippen LogP contribution in [0.2, 0.25) is 0 Å². The van der Waals surface area contributed by atoms with Gasteiger partial charge in [-0.05, 0) is 51.0 Å². The van der Waals surface area contributed by atoms with Crippen molar-refractivity contribution in [2.75, 3.05) is 6.54 Å². The van der Waals surface area contributed by atoms with Gasteiger partial charge in [-0.25, -0.2) is 0 Å². The van der Waals surface area contributed by atoms with Gasteiger partial charge in [-0.15, -0.1) is 10.2 Å². The molecule has 1 heterocycles. The Morgan fingerprint density at radius 2 is 1.95 bits per heavy atom. The third-order valence-corrected chi connectivity index (χ3v) is 6.71. The van der Waals surface area contributed by atoms with Gasteiger partial charge in [0, 0.05) is 23.3 Å². The summed E-state index contributed by atoms with van der Waals surface area (Å²) in [5.41, 5.74) is 0. The van der Waals surface area contributed by atoms with Crippen LogP contribution in [-0.4, -0.2) is 32.6 Å². The second-order valence-corrected chi connectivity index (χ2v) is 8.18. The van der Waals surface area contributed by atoms with E-state index < -0.39 is 0 Å². The van der Waals surface area contributed by atoms with Gasteiger partial charge in [-0.3, -0.25) is 0 Å². The fraction of sp³-hybridized carbons (Fsp3) is 0.875. The standard InChI is InChI=1S/C16H26N4S/c1-3-17-13-8-9-14(10(13)2)21-16-19-18-15(11-4-5-11)20(16)12-6-7-12/h10-14,17H,3-9H2,1-2H3. The van der Waals surface area contributed by atoms with Crippen molar-refractivity contribution in [1.82, 2.24) is 20.1 Å². The zero-order valence-corrected chi connectivity index (χ0v) is 13.9. The molecule has 0 bridgehead atoms. The molecule has 3 aliphatic carbocycles. The Labute approximate surface area is 131 Å². The van der Waals surface area contributed by atoms with E-state index in [1.165, 1.54) is 49.5 Å². The molecule has 4 rings (SSSR count). The van der Waals surface area contributed by atoms with Crippen molar-refractivity contribution < 1.29 is 0 Å². The van der Waals surface area contributed by atoms with Gasteiger partial charge < -0.3 is 9.88 Å². The van der Waals surface area contributed by atoms with E-state index in [0.29, 0.717) is 23.3 Å². The van der Waals surface area contributed by atoms with Gasteiger partial charge in [0.1, 0.15) is 5.82 Å². The average molecular weight is 306 g/mol. The first-order valence-corrected chi connectivity index (χ1v) is 9.50. The molecule has 1 aromatic rings. The molecule has 116 valence electrons. The van der Waals surface area contributed by atoms with Crippen molar-refractivity contribution in [3.8, 4) is 0 Å². The summed E-state index contributed by atoms with van der Waals surface area (Å²) >= 11 is 2.00. The van der Waals surface area contributed by atoms with Crippen LogP contribution in [-0.2, 0) is 0 Å². The SMILES string of the molecule is CCNC1CCC(Sc2nnc(C3CC3)n2C2CC2)C1C. The van der Waals surface area contributed by atoms with E-state index in [9.17, 15) is 0 Å². The molecule has 3 atom stereocenters. The molecule has 21 heavy (non-hydrogen) atoms. The van der Waals surface area contributed by atoms with Crippen molar-refractivity contribution in [2.45, 2.75) is 80.8 Å². The summed E-state index contributed by atoms with van der Waals surface area (Å²) < 4.78 is 2.50. The minimum atomic E-state index is 0.688. The quantitative estimate of drug-likeness (QED) is 0.875. The van der Waals surface area contributed by atoms with Gasteiger partial charge in [0.15, 0.2) is 5.16 Å². The zero-order chi connectivity index (χ0) is 14.4. The number of aromatic nitrogens is 3. The molecule has 0 radical (unpaired) electrons. The molecule has 1 aromatic heterocycles. The predicted octanol–water partition coefficient (Wildman–Crippen LogP) is 3.36. The first-order chi connectivity index (χ1) is 10.3. The topological polar surface area (TPSA) is 42.7 Å². The van der Waals surface area contributed by atoms with Crippen LogP contribution in [0.4, 0.5) is 0 Å². The maximum absolute atomic E-state index is 4.56. The normalized spacial score (nSPS) is 32.8. The highest BCUT2D eigenvalue weighted by atomic mass is 32.2. The van der Waals surface area contributed by atoms with E-state index >= 15 is 0 Å². The number of nitrogens with one attached hydrogen (secondary N) is 1. The molecule has 0 saturated heterocycles. The maximum atomic E-state index is 4.56. The van der Waals surface area contributed by atoms with Crippen molar-refractivity contribution in [2.24, 2.45) is 5.92 Å². The Morgan fingerprint density at radius 3 is 2.62 bits per heavy atom. The summed E-state index contributed by atoms with van der Waals surface area (Å²) in [6, 6.07) is 1.40. The monoisotopic (exact) mass is 306 g/mol. The van der Waals surface area contributed by atoms with Crippen molar-refractivity contribution in [3.63, 3.8) is 0 Å². The van der Waals surface area contributed by atoms with Crippen LogP contribution >= 0.6 is 11.8 Å². The summed E-state index contributed by atoms with van der Waals surface area (Å²) in [6.07, 6.45) is 7.90. The summed E-state index contributed by atoms with van der Waals surface area (Å²) in [5, 5.41) is 14.6. The molecule has 3 fully saturated rings. The van der Waals surface area contributed by atoms with E-state index in [1.807, 2.05) is 11.8 Å². The summed E-state index contributed by atoms with van der Waals surface area (Å²) in [4.78, 5) is 0. The Morgan fingerprint density at radius 1 is 1.14 bits per heavy atom.